The molecule has 176 valence electrons. The highest BCUT2D eigenvalue weighted by Crippen LogP contribution is 2.15. The summed E-state index contributed by atoms with van der Waals surface area (Å²) in [5, 5.41) is 12.5. The smallest absolute Gasteiger partial charge is 0.292 e. The second-order valence-electron chi connectivity index (χ2n) is 7.71. The number of carbonyl (C=O) groups is 2. The molecular weight excluding hydrogens is 466 g/mol. The van der Waals surface area contributed by atoms with E-state index in [1.807, 2.05) is 6.92 Å². The van der Waals surface area contributed by atoms with Crippen LogP contribution in [-0.2, 0) is 6.54 Å². The van der Waals surface area contributed by atoms with E-state index in [1.54, 1.807) is 72.8 Å². The molecule has 0 unspecified atom stereocenters. The quantitative estimate of drug-likeness (QED) is 0.296. The third kappa shape index (κ3) is 5.62. The molecule has 1 heterocycles. The first-order valence-electron chi connectivity index (χ1n) is 11.0. The Hall–Kier alpha value is -4.30. The van der Waals surface area contributed by atoms with E-state index in [-0.39, 0.29) is 17.2 Å². The van der Waals surface area contributed by atoms with Crippen molar-refractivity contribution < 1.29 is 9.59 Å². The molecule has 0 bridgehead atoms. The van der Waals surface area contributed by atoms with E-state index in [1.165, 1.54) is 10.9 Å². The summed E-state index contributed by atoms with van der Waals surface area (Å²) in [7, 11) is 0. The first kappa shape index (κ1) is 23.8. The van der Waals surface area contributed by atoms with Crippen LogP contribution in [0.3, 0.4) is 0 Å². The number of aromatic nitrogens is 2. The Morgan fingerprint density at radius 2 is 1.74 bits per heavy atom. The SMILES string of the molecule is CCCn1nc(C(=O)N/N=C/c2cccc(NC(=O)c3ccc(Cl)cc3)c2)c2ccccc2c1=O. The Balaban J connectivity index is 1.49. The molecule has 2 N–H and O–H groups in total. The lowest BCUT2D eigenvalue weighted by atomic mass is 10.1. The summed E-state index contributed by atoms with van der Waals surface area (Å²) in [5.41, 5.74) is 4.06. The number of hydrogen-bond acceptors (Lipinski definition) is 5. The fraction of sp³-hybridized carbons (Fsp3) is 0.115. The zero-order valence-corrected chi connectivity index (χ0v) is 19.6. The Kier molecular flexibility index (Phi) is 7.32. The molecular formula is C26H22ClN5O3. The standard InChI is InChI=1S/C26H22ClN5O3/c1-2-14-32-26(35)22-9-4-3-8-21(22)23(31-32)25(34)30-28-16-17-6-5-7-20(15-17)29-24(33)18-10-12-19(27)13-11-18/h3-13,15-16H,2,14H2,1H3,(H,29,33)(H,30,34)/b28-16+. The van der Waals surface area contributed by atoms with Crippen LogP contribution in [0.4, 0.5) is 5.69 Å². The minimum Gasteiger partial charge on any atom is -0.322 e. The Morgan fingerprint density at radius 3 is 2.49 bits per heavy atom. The van der Waals surface area contributed by atoms with E-state index >= 15 is 0 Å². The van der Waals surface area contributed by atoms with Crippen LogP contribution >= 0.6 is 11.6 Å². The van der Waals surface area contributed by atoms with Crippen LogP contribution in [0.15, 0.2) is 82.7 Å². The third-order valence-corrected chi connectivity index (χ3v) is 5.40. The zero-order valence-electron chi connectivity index (χ0n) is 18.9. The molecule has 2 amide bonds. The molecule has 0 aliphatic rings. The number of aryl methyl sites for hydroxylation is 1. The average Bonchev–Trinajstić information content (AvgIpc) is 2.86. The second-order valence-corrected chi connectivity index (χ2v) is 8.14. The topological polar surface area (TPSA) is 105 Å². The molecule has 3 aromatic carbocycles. The first-order chi connectivity index (χ1) is 17.0. The minimum absolute atomic E-state index is 0.120. The Bertz CT molecular complexity index is 1480. The van der Waals surface area contributed by atoms with Crippen molar-refractivity contribution in [2.45, 2.75) is 19.9 Å². The molecule has 4 aromatic rings. The number of rotatable bonds is 7. The van der Waals surface area contributed by atoms with Crippen LogP contribution in [0.25, 0.3) is 10.8 Å². The van der Waals surface area contributed by atoms with Gasteiger partial charge >= 0.3 is 0 Å². The third-order valence-electron chi connectivity index (χ3n) is 5.15. The second kappa shape index (κ2) is 10.8. The number of nitrogens with zero attached hydrogens (tertiary/aromatic N) is 3. The van der Waals surface area contributed by atoms with Gasteiger partial charge in [-0.05, 0) is 54.4 Å². The summed E-state index contributed by atoms with van der Waals surface area (Å²) < 4.78 is 1.30. The number of nitrogens with one attached hydrogen (secondary N) is 2. The van der Waals surface area contributed by atoms with Gasteiger partial charge in [0.1, 0.15) is 0 Å². The van der Waals surface area contributed by atoms with Crippen molar-refractivity contribution >= 4 is 46.1 Å². The van der Waals surface area contributed by atoms with E-state index < -0.39 is 5.91 Å². The summed E-state index contributed by atoms with van der Waals surface area (Å²) in [6, 6.07) is 20.4. The zero-order chi connectivity index (χ0) is 24.8. The molecule has 0 aliphatic carbocycles. The number of fused-ring (bicyclic) bond motifs is 1. The molecule has 0 radical (unpaired) electrons. The van der Waals surface area contributed by atoms with E-state index in [0.717, 1.165) is 0 Å². The van der Waals surface area contributed by atoms with Gasteiger partial charge in [0.2, 0.25) is 0 Å². The van der Waals surface area contributed by atoms with Gasteiger partial charge in [-0.15, -0.1) is 0 Å². The maximum Gasteiger partial charge on any atom is 0.292 e. The van der Waals surface area contributed by atoms with E-state index in [2.05, 4.69) is 20.9 Å². The van der Waals surface area contributed by atoms with Gasteiger partial charge in [0.05, 0.1) is 11.6 Å². The lowest BCUT2D eigenvalue weighted by molar-refractivity contribution is 0.0948. The van der Waals surface area contributed by atoms with Crippen LogP contribution < -0.4 is 16.3 Å². The number of halogens is 1. The van der Waals surface area contributed by atoms with Crippen molar-refractivity contribution in [3.63, 3.8) is 0 Å². The monoisotopic (exact) mass is 487 g/mol. The minimum atomic E-state index is -0.533. The molecule has 0 aliphatic heterocycles. The molecule has 9 heteroatoms. The van der Waals surface area contributed by atoms with Crippen LogP contribution in [0.1, 0.15) is 39.8 Å². The van der Waals surface area contributed by atoms with E-state index in [4.69, 9.17) is 11.6 Å². The summed E-state index contributed by atoms with van der Waals surface area (Å²) >= 11 is 5.87. The highest BCUT2D eigenvalue weighted by Gasteiger charge is 2.16. The number of anilines is 1. The summed E-state index contributed by atoms with van der Waals surface area (Å²) in [5.74, 6) is -0.807. The lowest BCUT2D eigenvalue weighted by Gasteiger charge is -2.09. The van der Waals surface area contributed by atoms with Gasteiger partial charge < -0.3 is 5.32 Å². The van der Waals surface area contributed by atoms with E-state index in [9.17, 15) is 14.4 Å². The predicted octanol–water partition coefficient (Wildman–Crippen LogP) is 4.48. The van der Waals surface area contributed by atoms with Crippen LogP contribution in [-0.4, -0.2) is 27.8 Å². The van der Waals surface area contributed by atoms with Crippen LogP contribution in [0.2, 0.25) is 5.02 Å². The molecule has 8 nitrogen and oxygen atoms in total. The van der Waals surface area contributed by atoms with Gasteiger partial charge in [0.15, 0.2) is 5.69 Å². The van der Waals surface area contributed by atoms with Crippen molar-refractivity contribution in [3.8, 4) is 0 Å². The normalized spacial score (nSPS) is 11.0. The molecule has 0 fully saturated rings. The van der Waals surface area contributed by atoms with Crippen molar-refractivity contribution in [1.82, 2.24) is 15.2 Å². The van der Waals surface area contributed by atoms with Gasteiger partial charge in [-0.1, -0.05) is 48.9 Å². The predicted molar refractivity (Wildman–Crippen MR) is 137 cm³/mol. The van der Waals surface area contributed by atoms with E-state index in [0.29, 0.717) is 45.6 Å². The highest BCUT2D eigenvalue weighted by atomic mass is 35.5. The Labute approximate surface area is 206 Å². The number of amides is 2. The molecule has 35 heavy (non-hydrogen) atoms. The summed E-state index contributed by atoms with van der Waals surface area (Å²) in [4.78, 5) is 37.9. The Morgan fingerprint density at radius 1 is 1.00 bits per heavy atom. The number of hydrogen-bond donors (Lipinski definition) is 2. The van der Waals surface area contributed by atoms with Gasteiger partial charge in [0.25, 0.3) is 17.4 Å². The van der Waals surface area contributed by atoms with Gasteiger partial charge in [0, 0.05) is 28.2 Å². The van der Waals surface area contributed by atoms with Gasteiger partial charge in [-0.3, -0.25) is 14.4 Å². The first-order valence-corrected chi connectivity index (χ1v) is 11.3. The fourth-order valence-electron chi connectivity index (χ4n) is 3.49. The van der Waals surface area contributed by atoms with Crippen molar-refractivity contribution in [2.24, 2.45) is 5.10 Å². The van der Waals surface area contributed by atoms with Crippen molar-refractivity contribution in [2.75, 3.05) is 5.32 Å². The van der Waals surface area contributed by atoms with Crippen LogP contribution in [0.5, 0.6) is 0 Å². The maximum absolute atomic E-state index is 12.8. The molecule has 1 aromatic heterocycles. The average molecular weight is 488 g/mol. The molecule has 0 spiro atoms. The molecule has 0 saturated heterocycles. The van der Waals surface area contributed by atoms with Gasteiger partial charge in [-0.25, -0.2) is 10.1 Å². The van der Waals surface area contributed by atoms with Crippen molar-refractivity contribution in [1.29, 1.82) is 0 Å². The highest BCUT2D eigenvalue weighted by molar-refractivity contribution is 6.30. The fourth-order valence-corrected chi connectivity index (χ4v) is 3.61. The molecule has 0 atom stereocenters. The molecule has 0 saturated carbocycles. The number of hydrazone groups is 1. The largest absolute Gasteiger partial charge is 0.322 e. The maximum atomic E-state index is 12.8. The van der Waals surface area contributed by atoms with Crippen molar-refractivity contribution in [3.05, 3.63) is 105 Å². The number of carbonyl (C=O) groups excluding carboxylic acids is 2. The van der Waals surface area contributed by atoms with Gasteiger partial charge in [-0.2, -0.15) is 10.2 Å². The summed E-state index contributed by atoms with van der Waals surface area (Å²) in [6.45, 7) is 2.33. The van der Waals surface area contributed by atoms with Crippen LogP contribution in [0, 0.1) is 0 Å². The molecule has 4 rings (SSSR count). The lowest BCUT2D eigenvalue weighted by Crippen LogP contribution is -2.29. The summed E-state index contributed by atoms with van der Waals surface area (Å²) in [6.07, 6.45) is 2.16. The number of benzene rings is 3.